The minimum Gasteiger partial charge on any atom is -0.351 e. The summed E-state index contributed by atoms with van der Waals surface area (Å²) < 4.78 is 0. The van der Waals surface area contributed by atoms with Crippen LogP contribution in [-0.4, -0.2) is 45.9 Å². The van der Waals surface area contributed by atoms with Gasteiger partial charge in [0.15, 0.2) is 0 Å². The van der Waals surface area contributed by atoms with E-state index in [0.29, 0.717) is 17.1 Å². The molecule has 2 N–H and O–H groups in total. The third kappa shape index (κ3) is 3.41. The molecule has 2 heterocycles. The number of amides is 1. The van der Waals surface area contributed by atoms with Crippen molar-refractivity contribution < 1.29 is 9.72 Å². The van der Waals surface area contributed by atoms with E-state index < -0.39 is 4.92 Å². The zero-order valence-corrected chi connectivity index (χ0v) is 13.9. The molecule has 1 saturated heterocycles. The smallest absolute Gasteiger partial charge is 0.270 e. The summed E-state index contributed by atoms with van der Waals surface area (Å²) in [5, 5.41) is 14.6. The first-order valence-electron chi connectivity index (χ1n) is 8.26. The molecule has 3 rings (SSSR count). The Morgan fingerprint density at radius 2 is 2.04 bits per heavy atom. The lowest BCUT2D eigenvalue weighted by Gasteiger charge is -2.34. The summed E-state index contributed by atoms with van der Waals surface area (Å²) >= 11 is 0. The van der Waals surface area contributed by atoms with Gasteiger partial charge in [-0.15, -0.1) is 0 Å². The van der Waals surface area contributed by atoms with Crippen molar-refractivity contribution in [3.63, 3.8) is 0 Å². The number of nitrogens with one attached hydrogen (secondary N) is 2. The maximum Gasteiger partial charge on any atom is 0.270 e. The third-order valence-corrected chi connectivity index (χ3v) is 4.65. The predicted octanol–water partition coefficient (Wildman–Crippen LogP) is 2.68. The van der Waals surface area contributed by atoms with E-state index in [1.807, 2.05) is 0 Å². The molecule has 2 aromatic rings. The monoisotopic (exact) mass is 330 g/mol. The molecule has 1 aliphatic heterocycles. The quantitative estimate of drug-likeness (QED) is 0.666. The van der Waals surface area contributed by atoms with E-state index >= 15 is 0 Å². The fraction of sp³-hybridized carbons (Fsp3) is 0.471. The van der Waals surface area contributed by atoms with Crippen LogP contribution in [0.4, 0.5) is 5.69 Å². The molecule has 0 unspecified atom stereocenters. The van der Waals surface area contributed by atoms with Gasteiger partial charge in [0.05, 0.1) is 4.92 Å². The van der Waals surface area contributed by atoms with Gasteiger partial charge in [-0.1, -0.05) is 0 Å². The van der Waals surface area contributed by atoms with Crippen LogP contribution in [0.25, 0.3) is 10.9 Å². The summed E-state index contributed by atoms with van der Waals surface area (Å²) in [7, 11) is 0. The second-order valence-corrected chi connectivity index (χ2v) is 6.59. The highest BCUT2D eigenvalue weighted by Crippen LogP contribution is 2.22. The fourth-order valence-corrected chi connectivity index (χ4v) is 3.18. The lowest BCUT2D eigenvalue weighted by atomic mass is 10.0. The summed E-state index contributed by atoms with van der Waals surface area (Å²) in [4.78, 5) is 28.3. The molecule has 7 heteroatoms. The van der Waals surface area contributed by atoms with E-state index in [1.165, 1.54) is 12.1 Å². The number of nitro groups is 1. The first-order valence-corrected chi connectivity index (χ1v) is 8.26. The number of carbonyl (C=O) groups is 1. The molecule has 24 heavy (non-hydrogen) atoms. The van der Waals surface area contributed by atoms with Gasteiger partial charge in [0.2, 0.25) is 0 Å². The maximum absolute atomic E-state index is 12.4. The third-order valence-electron chi connectivity index (χ3n) is 4.65. The van der Waals surface area contributed by atoms with Crippen molar-refractivity contribution in [2.24, 2.45) is 0 Å². The first-order chi connectivity index (χ1) is 11.4. The van der Waals surface area contributed by atoms with E-state index in [9.17, 15) is 14.9 Å². The Labute approximate surface area is 140 Å². The number of benzene rings is 1. The van der Waals surface area contributed by atoms with Gasteiger partial charge in [-0.3, -0.25) is 14.9 Å². The second-order valence-electron chi connectivity index (χ2n) is 6.59. The number of aromatic nitrogens is 1. The lowest BCUT2D eigenvalue weighted by molar-refractivity contribution is -0.384. The highest BCUT2D eigenvalue weighted by Gasteiger charge is 2.23. The summed E-state index contributed by atoms with van der Waals surface area (Å²) in [5.74, 6) is -0.156. The highest BCUT2D eigenvalue weighted by molar-refractivity contribution is 5.98. The van der Waals surface area contributed by atoms with Gasteiger partial charge in [0.25, 0.3) is 11.6 Å². The number of likely N-dealkylation sites (tertiary alicyclic amines) is 1. The average Bonchev–Trinajstić information content (AvgIpc) is 2.98. The molecule has 1 amide bonds. The molecule has 1 aromatic heterocycles. The van der Waals surface area contributed by atoms with E-state index in [2.05, 4.69) is 29.0 Å². The van der Waals surface area contributed by atoms with E-state index in [0.717, 1.165) is 31.4 Å². The van der Waals surface area contributed by atoms with Gasteiger partial charge in [-0.05, 0) is 38.8 Å². The zero-order valence-electron chi connectivity index (χ0n) is 13.9. The minimum absolute atomic E-state index is 0.0227. The minimum atomic E-state index is -0.436. The van der Waals surface area contributed by atoms with Crippen molar-refractivity contribution >= 4 is 22.5 Å². The molecule has 0 radical (unpaired) electrons. The van der Waals surface area contributed by atoms with Crippen molar-refractivity contribution in [3.05, 3.63) is 40.1 Å². The predicted molar refractivity (Wildman–Crippen MR) is 92.2 cm³/mol. The molecule has 0 bridgehead atoms. The topological polar surface area (TPSA) is 91.3 Å². The number of rotatable bonds is 4. The standard InChI is InChI=1S/C17H22N4O3/c1-11(2)20-7-5-13(6-8-20)18-17(22)16-10-12-9-14(21(23)24)3-4-15(12)19-16/h3-4,9-11,13,19H,5-8H2,1-2H3,(H,18,22). The van der Waals surface area contributed by atoms with Crippen LogP contribution in [-0.2, 0) is 0 Å². The summed E-state index contributed by atoms with van der Waals surface area (Å²) in [6.45, 7) is 6.34. The van der Waals surface area contributed by atoms with E-state index in [1.54, 1.807) is 12.1 Å². The Hall–Kier alpha value is -2.41. The number of piperidine rings is 1. The van der Waals surface area contributed by atoms with Crippen LogP contribution in [0.3, 0.4) is 0 Å². The molecule has 1 aromatic carbocycles. The molecule has 0 aliphatic carbocycles. The number of nitrogens with zero attached hydrogens (tertiary/aromatic N) is 2. The van der Waals surface area contributed by atoms with Gasteiger partial charge in [-0.2, -0.15) is 0 Å². The van der Waals surface area contributed by atoms with Crippen LogP contribution >= 0.6 is 0 Å². The molecular formula is C17H22N4O3. The second kappa shape index (κ2) is 6.60. The molecular weight excluding hydrogens is 308 g/mol. The van der Waals surface area contributed by atoms with Crippen LogP contribution in [0, 0.1) is 10.1 Å². The highest BCUT2D eigenvalue weighted by atomic mass is 16.6. The van der Waals surface area contributed by atoms with Gasteiger partial charge >= 0.3 is 0 Å². The van der Waals surface area contributed by atoms with Gasteiger partial charge in [0.1, 0.15) is 5.69 Å². The Morgan fingerprint density at radius 1 is 1.33 bits per heavy atom. The van der Waals surface area contributed by atoms with Gasteiger partial charge in [0, 0.05) is 48.2 Å². The molecule has 1 fully saturated rings. The largest absolute Gasteiger partial charge is 0.351 e. The number of hydrogen-bond donors (Lipinski definition) is 2. The number of carbonyl (C=O) groups excluding carboxylic acids is 1. The summed E-state index contributed by atoms with van der Waals surface area (Å²) in [5.41, 5.74) is 1.19. The normalized spacial score (nSPS) is 16.6. The molecule has 7 nitrogen and oxygen atoms in total. The maximum atomic E-state index is 12.4. The van der Waals surface area contributed by atoms with E-state index in [4.69, 9.17) is 0 Å². The molecule has 0 saturated carbocycles. The van der Waals surface area contributed by atoms with Crippen LogP contribution in [0.15, 0.2) is 24.3 Å². The van der Waals surface area contributed by atoms with Crippen molar-refractivity contribution in [3.8, 4) is 0 Å². The van der Waals surface area contributed by atoms with Crippen LogP contribution < -0.4 is 5.32 Å². The van der Waals surface area contributed by atoms with Gasteiger partial charge < -0.3 is 15.2 Å². The zero-order chi connectivity index (χ0) is 17.3. The Balaban J connectivity index is 1.67. The van der Waals surface area contributed by atoms with Crippen LogP contribution in [0.5, 0.6) is 0 Å². The molecule has 128 valence electrons. The molecule has 0 spiro atoms. The number of hydrogen-bond acceptors (Lipinski definition) is 4. The summed E-state index contributed by atoms with van der Waals surface area (Å²) in [6.07, 6.45) is 1.88. The van der Waals surface area contributed by atoms with Crippen molar-refractivity contribution in [2.45, 2.75) is 38.8 Å². The van der Waals surface area contributed by atoms with Crippen molar-refractivity contribution in [1.29, 1.82) is 0 Å². The average molecular weight is 330 g/mol. The Bertz CT molecular complexity index is 760. The van der Waals surface area contributed by atoms with E-state index in [-0.39, 0.29) is 17.6 Å². The fourth-order valence-electron chi connectivity index (χ4n) is 3.18. The Morgan fingerprint density at radius 3 is 2.67 bits per heavy atom. The van der Waals surface area contributed by atoms with Crippen LogP contribution in [0.1, 0.15) is 37.2 Å². The van der Waals surface area contributed by atoms with Crippen LogP contribution in [0.2, 0.25) is 0 Å². The number of fused-ring (bicyclic) bond motifs is 1. The number of non-ortho nitro benzene ring substituents is 1. The number of nitro benzene ring substituents is 1. The molecule has 1 aliphatic rings. The number of aromatic amines is 1. The molecule has 0 atom stereocenters. The SMILES string of the molecule is CC(C)N1CCC(NC(=O)c2cc3cc([N+](=O)[O-])ccc3[nH]2)CC1. The Kier molecular flexibility index (Phi) is 4.53. The first kappa shape index (κ1) is 16.4. The lowest BCUT2D eigenvalue weighted by Crippen LogP contribution is -2.46. The van der Waals surface area contributed by atoms with Crippen molar-refractivity contribution in [2.75, 3.05) is 13.1 Å². The van der Waals surface area contributed by atoms with Crippen molar-refractivity contribution in [1.82, 2.24) is 15.2 Å². The number of H-pyrrole nitrogens is 1. The van der Waals surface area contributed by atoms with Gasteiger partial charge in [-0.25, -0.2) is 0 Å². The summed E-state index contributed by atoms with van der Waals surface area (Å²) in [6, 6.07) is 6.91.